The van der Waals surface area contributed by atoms with Crippen LogP contribution in [0.1, 0.15) is 31.7 Å². The van der Waals surface area contributed by atoms with Gasteiger partial charge >= 0.3 is 0 Å². The van der Waals surface area contributed by atoms with Crippen molar-refractivity contribution >= 4 is 17.5 Å². The van der Waals surface area contributed by atoms with Crippen LogP contribution in [0.2, 0.25) is 0 Å². The zero-order chi connectivity index (χ0) is 18.0. The minimum absolute atomic E-state index is 0.0228. The number of benzene rings is 1. The average Bonchev–Trinajstić information content (AvgIpc) is 2.59. The van der Waals surface area contributed by atoms with Crippen LogP contribution >= 0.6 is 0 Å². The lowest BCUT2D eigenvalue weighted by molar-refractivity contribution is -0.157. The van der Waals surface area contributed by atoms with Gasteiger partial charge < -0.3 is 14.5 Å². The fourth-order valence-electron chi connectivity index (χ4n) is 3.76. The minimum Gasteiger partial charge on any atom is -0.384 e. The van der Waals surface area contributed by atoms with E-state index in [4.69, 9.17) is 4.74 Å². The molecule has 1 heterocycles. The molecule has 1 aromatic carbocycles. The molecule has 6 heteroatoms. The number of hydrogen-bond donors (Lipinski definition) is 0. The van der Waals surface area contributed by atoms with E-state index in [-0.39, 0.29) is 24.4 Å². The van der Waals surface area contributed by atoms with Gasteiger partial charge in [-0.15, -0.1) is 0 Å². The predicted octanol–water partition coefficient (Wildman–Crippen LogP) is 1.94. The topological polar surface area (TPSA) is 73.6 Å². The molecule has 1 saturated heterocycles. The van der Waals surface area contributed by atoms with Gasteiger partial charge in [-0.3, -0.25) is 9.59 Å². The quantitative estimate of drug-likeness (QED) is 0.839. The van der Waals surface area contributed by atoms with Crippen LogP contribution in [0.3, 0.4) is 0 Å². The summed E-state index contributed by atoms with van der Waals surface area (Å²) in [5, 5.41) is 9.28. The number of carbonyl (C=O) groups excluding carboxylic acids is 2. The molecule has 0 bridgehead atoms. The lowest BCUT2D eigenvalue weighted by atomic mass is 9.68. The minimum atomic E-state index is -0.462. The highest BCUT2D eigenvalue weighted by molar-refractivity contribution is 6.00. The molecule has 0 spiro atoms. The average molecular weight is 341 g/mol. The van der Waals surface area contributed by atoms with Crippen molar-refractivity contribution in [3.05, 3.63) is 29.8 Å². The Morgan fingerprint density at radius 1 is 1.40 bits per heavy atom. The maximum Gasteiger partial charge on any atom is 0.246 e. The Morgan fingerprint density at radius 3 is 2.72 bits per heavy atom. The summed E-state index contributed by atoms with van der Waals surface area (Å²) in [6.45, 7) is 2.80. The van der Waals surface area contributed by atoms with Gasteiger partial charge in [0.05, 0.1) is 23.3 Å². The Balaban J connectivity index is 1.80. The number of para-hydroxylation sites is 1. The number of amides is 2. The van der Waals surface area contributed by atoms with Crippen LogP contribution in [-0.4, -0.2) is 49.6 Å². The second-order valence-electron chi connectivity index (χ2n) is 6.98. The van der Waals surface area contributed by atoms with Gasteiger partial charge in [0.15, 0.2) is 0 Å². The largest absolute Gasteiger partial charge is 0.384 e. The smallest absolute Gasteiger partial charge is 0.246 e. The maximum atomic E-state index is 13.0. The molecule has 132 valence electrons. The van der Waals surface area contributed by atoms with Crippen LogP contribution in [0.5, 0.6) is 0 Å². The maximum absolute atomic E-state index is 13.0. The zero-order valence-corrected chi connectivity index (χ0v) is 14.7. The fraction of sp³-hybridized carbons (Fsp3) is 0.526. The van der Waals surface area contributed by atoms with Crippen molar-refractivity contribution in [1.29, 1.82) is 5.26 Å². The third-order valence-electron chi connectivity index (χ3n) is 5.35. The molecule has 1 atom stereocenters. The van der Waals surface area contributed by atoms with E-state index in [1.807, 2.05) is 13.0 Å². The second kappa shape index (κ2) is 6.85. The number of hydrogen-bond acceptors (Lipinski definition) is 4. The van der Waals surface area contributed by atoms with Crippen molar-refractivity contribution in [3.63, 3.8) is 0 Å². The van der Waals surface area contributed by atoms with Crippen LogP contribution in [0.4, 0.5) is 5.69 Å². The third-order valence-corrected chi connectivity index (χ3v) is 5.35. The van der Waals surface area contributed by atoms with E-state index in [1.165, 1.54) is 0 Å². The molecule has 25 heavy (non-hydrogen) atoms. The van der Waals surface area contributed by atoms with E-state index < -0.39 is 5.41 Å². The van der Waals surface area contributed by atoms with Crippen LogP contribution in [0, 0.1) is 16.7 Å². The summed E-state index contributed by atoms with van der Waals surface area (Å²) in [4.78, 5) is 29.1. The van der Waals surface area contributed by atoms with Crippen LogP contribution < -0.4 is 4.90 Å². The Morgan fingerprint density at radius 2 is 2.12 bits per heavy atom. The summed E-state index contributed by atoms with van der Waals surface area (Å²) in [6, 6.07) is 9.09. The SMILES string of the molecule is COCC1(C(=O)N2CC(=O)N(c3ccccc3C#N)C[C@@H]2C)CCC1. The van der Waals surface area contributed by atoms with Gasteiger partial charge in [-0.2, -0.15) is 5.26 Å². The van der Waals surface area contributed by atoms with E-state index in [0.29, 0.717) is 24.4 Å². The molecule has 0 aromatic heterocycles. The summed E-state index contributed by atoms with van der Waals surface area (Å²) < 4.78 is 5.26. The first-order valence-corrected chi connectivity index (χ1v) is 8.62. The summed E-state index contributed by atoms with van der Waals surface area (Å²) in [7, 11) is 1.61. The molecule has 0 unspecified atom stereocenters. The highest BCUT2D eigenvalue weighted by Crippen LogP contribution is 2.43. The molecule has 1 aliphatic heterocycles. The standard InChI is InChI=1S/C19H23N3O3/c1-14-11-22(16-7-4-3-6-15(16)10-20)17(23)12-21(14)18(24)19(13-25-2)8-5-9-19/h3-4,6-7,14H,5,8-9,11-13H2,1-2H3/t14-/m0/s1. The zero-order valence-electron chi connectivity index (χ0n) is 14.7. The monoisotopic (exact) mass is 341 g/mol. The molecule has 2 fully saturated rings. The number of piperazine rings is 1. The molecule has 1 aromatic rings. The Kier molecular flexibility index (Phi) is 4.78. The molecule has 1 aliphatic carbocycles. The van der Waals surface area contributed by atoms with E-state index in [2.05, 4.69) is 6.07 Å². The number of nitriles is 1. The van der Waals surface area contributed by atoms with Gasteiger partial charge in [-0.25, -0.2) is 0 Å². The van der Waals surface area contributed by atoms with Crippen molar-refractivity contribution in [2.75, 3.05) is 31.7 Å². The first kappa shape index (κ1) is 17.4. The first-order chi connectivity index (χ1) is 12.0. The van der Waals surface area contributed by atoms with Crippen molar-refractivity contribution < 1.29 is 14.3 Å². The summed E-state index contributed by atoms with van der Waals surface area (Å²) in [6.07, 6.45) is 2.66. The molecular formula is C19H23N3O3. The number of ether oxygens (including phenoxy) is 1. The summed E-state index contributed by atoms with van der Waals surface area (Å²) in [5.41, 5.74) is 0.623. The Hall–Kier alpha value is -2.39. The molecule has 2 amide bonds. The van der Waals surface area contributed by atoms with Gasteiger partial charge in [-0.1, -0.05) is 18.6 Å². The lowest BCUT2D eigenvalue weighted by Crippen LogP contribution is -2.61. The molecule has 3 rings (SSSR count). The van der Waals surface area contributed by atoms with Gasteiger partial charge in [0.25, 0.3) is 0 Å². The Bertz CT molecular complexity index is 721. The number of anilines is 1. The van der Waals surface area contributed by atoms with E-state index in [9.17, 15) is 14.9 Å². The van der Waals surface area contributed by atoms with Gasteiger partial charge in [0.1, 0.15) is 12.6 Å². The third kappa shape index (κ3) is 3.00. The van der Waals surface area contributed by atoms with E-state index in [0.717, 1.165) is 19.3 Å². The summed E-state index contributed by atoms with van der Waals surface area (Å²) in [5.74, 6) is -0.129. The van der Waals surface area contributed by atoms with E-state index in [1.54, 1.807) is 35.1 Å². The molecule has 0 radical (unpaired) electrons. The predicted molar refractivity (Wildman–Crippen MR) is 92.8 cm³/mol. The van der Waals surface area contributed by atoms with Crippen molar-refractivity contribution in [2.24, 2.45) is 5.41 Å². The molecular weight excluding hydrogens is 318 g/mol. The number of nitrogens with zero attached hydrogens (tertiary/aromatic N) is 3. The second-order valence-corrected chi connectivity index (χ2v) is 6.98. The van der Waals surface area contributed by atoms with Crippen molar-refractivity contribution in [2.45, 2.75) is 32.2 Å². The first-order valence-electron chi connectivity index (χ1n) is 8.62. The van der Waals surface area contributed by atoms with Crippen LogP contribution in [0.25, 0.3) is 0 Å². The van der Waals surface area contributed by atoms with E-state index >= 15 is 0 Å². The van der Waals surface area contributed by atoms with Crippen LogP contribution in [0.15, 0.2) is 24.3 Å². The number of methoxy groups -OCH3 is 1. The number of carbonyl (C=O) groups is 2. The fourth-order valence-corrected chi connectivity index (χ4v) is 3.76. The highest BCUT2D eigenvalue weighted by atomic mass is 16.5. The highest BCUT2D eigenvalue weighted by Gasteiger charge is 2.49. The molecule has 1 saturated carbocycles. The molecule has 6 nitrogen and oxygen atoms in total. The lowest BCUT2D eigenvalue weighted by Gasteiger charge is -2.47. The van der Waals surface area contributed by atoms with Crippen molar-refractivity contribution in [3.8, 4) is 6.07 Å². The van der Waals surface area contributed by atoms with Gasteiger partial charge in [0, 0.05) is 19.7 Å². The molecule has 0 N–H and O–H groups in total. The van der Waals surface area contributed by atoms with Crippen LogP contribution in [-0.2, 0) is 14.3 Å². The summed E-state index contributed by atoms with van der Waals surface area (Å²) >= 11 is 0. The number of rotatable bonds is 4. The normalized spacial score (nSPS) is 22.3. The van der Waals surface area contributed by atoms with Crippen molar-refractivity contribution in [1.82, 2.24) is 4.90 Å². The Labute approximate surface area is 148 Å². The van der Waals surface area contributed by atoms with Gasteiger partial charge in [-0.05, 0) is 31.9 Å². The van der Waals surface area contributed by atoms with Gasteiger partial charge in [0.2, 0.25) is 11.8 Å². The molecule has 2 aliphatic rings.